The highest BCUT2D eigenvalue weighted by Gasteiger charge is 2.17. The van der Waals surface area contributed by atoms with Crippen LogP contribution in [0.15, 0.2) is 26.8 Å². The van der Waals surface area contributed by atoms with Crippen LogP contribution in [0.3, 0.4) is 0 Å². The lowest BCUT2D eigenvalue weighted by Gasteiger charge is -2.00. The summed E-state index contributed by atoms with van der Waals surface area (Å²) in [6.45, 7) is 0. The van der Waals surface area contributed by atoms with E-state index in [2.05, 4.69) is 26.1 Å². The fourth-order valence-corrected chi connectivity index (χ4v) is 1.46. The largest absolute Gasteiger partial charge is 0.502 e. The number of nitro benzene ring substituents is 1. The van der Waals surface area contributed by atoms with Crippen molar-refractivity contribution >= 4 is 46.2 Å². The fraction of sp³-hybridized carbons (Fsp3) is 0. The first-order valence-electron chi connectivity index (χ1n) is 4.20. The molecule has 98 valence electrons. The van der Waals surface area contributed by atoms with Gasteiger partial charge in [0.2, 0.25) is 11.7 Å². The van der Waals surface area contributed by atoms with E-state index in [1.807, 2.05) is 0 Å². The Morgan fingerprint density at radius 3 is 2.61 bits per heavy atom. The van der Waals surface area contributed by atoms with Gasteiger partial charge >= 0.3 is 5.69 Å². The van der Waals surface area contributed by atoms with Crippen LogP contribution in [0, 0.1) is 10.1 Å². The highest BCUT2D eigenvalue weighted by Crippen LogP contribution is 2.32. The second-order valence-electron chi connectivity index (χ2n) is 2.89. The third kappa shape index (κ3) is 4.18. The van der Waals surface area contributed by atoms with Gasteiger partial charge in [0.05, 0.1) is 11.1 Å². The maximum Gasteiger partial charge on any atom is 0.312 e. The Balaban J connectivity index is 0.00000289. The molecule has 0 aliphatic carbocycles. The second-order valence-corrected chi connectivity index (χ2v) is 3.80. The first kappa shape index (κ1) is 16.1. The molecule has 0 aliphatic heterocycles. The van der Waals surface area contributed by atoms with E-state index in [9.17, 15) is 15.2 Å². The number of hydrogen-bond donors (Lipinski definition) is 3. The van der Waals surface area contributed by atoms with Crippen molar-refractivity contribution in [3.63, 3.8) is 0 Å². The third-order valence-electron chi connectivity index (χ3n) is 1.65. The Morgan fingerprint density at radius 2 is 2.11 bits per heavy atom. The number of nitrogens with two attached hydrogens (primary N) is 2. The number of nitrogens with zero attached hydrogens (tertiary/aromatic N) is 3. The lowest BCUT2D eigenvalue weighted by atomic mass is 10.2. The number of phenolic OH excluding ortho intramolecular Hbond substituents is 1. The quantitative estimate of drug-likeness (QED) is 0.327. The van der Waals surface area contributed by atoms with Crippen molar-refractivity contribution in [1.82, 2.24) is 0 Å². The number of phenols is 1. The van der Waals surface area contributed by atoms with Crippen LogP contribution < -0.4 is 11.5 Å². The molecule has 1 aromatic carbocycles. The monoisotopic (exact) mass is 337 g/mol. The number of hydrogen-bond acceptors (Lipinski definition) is 5. The molecule has 0 fully saturated rings. The molecule has 0 radical (unpaired) electrons. The summed E-state index contributed by atoms with van der Waals surface area (Å²) in [5.41, 5.74) is 9.76. The molecule has 1 rings (SSSR count). The van der Waals surface area contributed by atoms with E-state index < -0.39 is 16.4 Å². The molecule has 10 heteroatoms. The van der Waals surface area contributed by atoms with E-state index in [0.717, 1.165) is 6.21 Å². The number of benzene rings is 1. The molecule has 1 aromatic rings. The van der Waals surface area contributed by atoms with Gasteiger partial charge in [-0.15, -0.1) is 17.5 Å². The van der Waals surface area contributed by atoms with Gasteiger partial charge in [-0.3, -0.25) is 10.1 Å². The van der Waals surface area contributed by atoms with E-state index in [1.54, 1.807) is 0 Å². The van der Waals surface area contributed by atoms with Crippen molar-refractivity contribution in [2.75, 3.05) is 0 Å². The van der Waals surface area contributed by atoms with Crippen LogP contribution in [0.5, 0.6) is 5.75 Å². The first-order valence-corrected chi connectivity index (χ1v) is 5.00. The summed E-state index contributed by atoms with van der Waals surface area (Å²) < 4.78 is 0.424. The van der Waals surface area contributed by atoms with Crippen LogP contribution in [0.2, 0.25) is 0 Å². The first-order chi connectivity index (χ1) is 7.91. The lowest BCUT2D eigenvalue weighted by Crippen LogP contribution is -2.21. The van der Waals surface area contributed by atoms with Gasteiger partial charge < -0.3 is 16.6 Å². The lowest BCUT2D eigenvalue weighted by molar-refractivity contribution is -0.385. The highest BCUT2D eigenvalue weighted by molar-refractivity contribution is 9.10. The normalized spacial score (nSPS) is 9.83. The van der Waals surface area contributed by atoms with Gasteiger partial charge in [-0.25, -0.2) is 0 Å². The van der Waals surface area contributed by atoms with Crippen LogP contribution in [0.25, 0.3) is 0 Å². The predicted octanol–water partition coefficient (Wildman–Crippen LogP) is 1.09. The number of halogens is 2. The molecule has 18 heavy (non-hydrogen) atoms. The summed E-state index contributed by atoms with van der Waals surface area (Å²) in [6.07, 6.45) is 1.10. The van der Waals surface area contributed by atoms with E-state index in [4.69, 9.17) is 11.5 Å². The minimum absolute atomic E-state index is 0. The Labute approximate surface area is 116 Å². The predicted molar refractivity (Wildman–Crippen MR) is 73.1 cm³/mol. The topological polar surface area (TPSA) is 140 Å². The van der Waals surface area contributed by atoms with E-state index >= 15 is 0 Å². The molecule has 0 aromatic heterocycles. The summed E-state index contributed by atoms with van der Waals surface area (Å²) in [4.78, 5) is 9.91. The van der Waals surface area contributed by atoms with Crippen LogP contribution >= 0.6 is 28.3 Å². The molecule has 0 atom stereocenters. The summed E-state index contributed by atoms with van der Waals surface area (Å²) >= 11 is 3.07. The molecular weight excluding hydrogens is 329 g/mol. The zero-order valence-electron chi connectivity index (χ0n) is 8.78. The zero-order chi connectivity index (χ0) is 13.0. The highest BCUT2D eigenvalue weighted by atomic mass is 79.9. The van der Waals surface area contributed by atoms with Gasteiger partial charge in [0.25, 0.3) is 0 Å². The maximum atomic E-state index is 10.6. The standard InChI is InChI=1S/C8H8BrN5O3.ClH/c9-5-1-4(3-12-13-8(10)11)7(15)6(2-5)14(16)17;/h1-3,15H,(H4,10,11,13);1H/b12-3+;. The number of rotatable bonds is 3. The van der Waals surface area contributed by atoms with Crippen LogP contribution in [0.1, 0.15) is 5.56 Å². The molecule has 0 spiro atoms. The summed E-state index contributed by atoms with van der Waals surface area (Å²) in [7, 11) is 0. The molecule has 0 saturated carbocycles. The molecule has 0 aliphatic rings. The van der Waals surface area contributed by atoms with Crippen molar-refractivity contribution < 1.29 is 10.0 Å². The molecule has 0 saturated heterocycles. The van der Waals surface area contributed by atoms with Crippen molar-refractivity contribution in [3.8, 4) is 5.75 Å². The average molecular weight is 339 g/mol. The smallest absolute Gasteiger partial charge is 0.312 e. The molecule has 0 bridgehead atoms. The van der Waals surface area contributed by atoms with Crippen molar-refractivity contribution in [1.29, 1.82) is 0 Å². The third-order valence-corrected chi connectivity index (χ3v) is 2.11. The zero-order valence-corrected chi connectivity index (χ0v) is 11.2. The van der Waals surface area contributed by atoms with Gasteiger partial charge in [0.15, 0.2) is 0 Å². The molecule has 8 nitrogen and oxygen atoms in total. The summed E-state index contributed by atoms with van der Waals surface area (Å²) in [6, 6.07) is 2.61. The van der Waals surface area contributed by atoms with Gasteiger partial charge in [0, 0.05) is 16.1 Å². The van der Waals surface area contributed by atoms with Gasteiger partial charge in [-0.1, -0.05) is 15.9 Å². The fourth-order valence-electron chi connectivity index (χ4n) is 1.00. The minimum Gasteiger partial charge on any atom is -0.502 e. The molecule has 5 N–H and O–H groups in total. The number of nitro groups is 1. The average Bonchev–Trinajstić information content (AvgIpc) is 2.21. The molecular formula is C8H9BrClN5O3. The summed E-state index contributed by atoms with van der Waals surface area (Å²) in [5.74, 6) is -0.766. The van der Waals surface area contributed by atoms with Crippen molar-refractivity contribution in [2.24, 2.45) is 21.7 Å². The Hall–Kier alpha value is -1.87. The minimum atomic E-state index is -0.710. The number of aromatic hydroxyl groups is 1. The van der Waals surface area contributed by atoms with E-state index in [-0.39, 0.29) is 23.9 Å². The Bertz CT molecular complexity index is 516. The summed E-state index contributed by atoms with van der Waals surface area (Å²) in [5, 5.41) is 27.0. The van der Waals surface area contributed by atoms with Crippen molar-refractivity contribution in [2.45, 2.75) is 0 Å². The Morgan fingerprint density at radius 1 is 1.50 bits per heavy atom. The van der Waals surface area contributed by atoms with Gasteiger partial charge in [0.1, 0.15) is 0 Å². The van der Waals surface area contributed by atoms with Crippen LogP contribution in [-0.4, -0.2) is 22.2 Å². The van der Waals surface area contributed by atoms with E-state index in [0.29, 0.717) is 4.47 Å². The van der Waals surface area contributed by atoms with Crippen LogP contribution in [0.4, 0.5) is 5.69 Å². The molecule has 0 heterocycles. The molecule has 0 unspecified atom stereocenters. The molecule has 0 amide bonds. The van der Waals surface area contributed by atoms with Crippen molar-refractivity contribution in [3.05, 3.63) is 32.3 Å². The van der Waals surface area contributed by atoms with Crippen LogP contribution in [-0.2, 0) is 0 Å². The number of guanidine groups is 1. The van der Waals surface area contributed by atoms with Gasteiger partial charge in [-0.2, -0.15) is 5.10 Å². The van der Waals surface area contributed by atoms with E-state index in [1.165, 1.54) is 12.1 Å². The van der Waals surface area contributed by atoms with Gasteiger partial charge in [-0.05, 0) is 6.07 Å². The SMILES string of the molecule is Cl.NC(N)=N/N=C/c1cc(Br)cc([N+](=O)[O-])c1O. The maximum absolute atomic E-state index is 10.6. The second kappa shape index (κ2) is 6.77. The Kier molecular flexibility index (Phi) is 6.06.